The maximum atomic E-state index is 11.8. The zero-order chi connectivity index (χ0) is 15.8. The highest BCUT2D eigenvalue weighted by Crippen LogP contribution is 2.11. The molecular weight excluding hydrogens is 260 g/mol. The van der Waals surface area contributed by atoms with E-state index in [4.69, 9.17) is 9.47 Å². The van der Waals surface area contributed by atoms with Crippen molar-refractivity contribution in [2.24, 2.45) is 0 Å². The van der Waals surface area contributed by atoms with Gasteiger partial charge in [0.15, 0.2) is 0 Å². The molecule has 118 valence electrons. The van der Waals surface area contributed by atoms with Crippen LogP contribution in [0, 0.1) is 0 Å². The van der Waals surface area contributed by atoms with E-state index in [2.05, 4.69) is 5.32 Å². The predicted molar refractivity (Wildman–Crippen MR) is 77.6 cm³/mol. The molecule has 0 saturated heterocycles. The number of rotatable bonds is 7. The number of nitrogens with zero attached hydrogens (tertiary/aromatic N) is 1. The van der Waals surface area contributed by atoms with Crippen LogP contribution in [0.3, 0.4) is 0 Å². The van der Waals surface area contributed by atoms with Crippen molar-refractivity contribution in [2.75, 3.05) is 26.8 Å². The van der Waals surface area contributed by atoms with E-state index in [-0.39, 0.29) is 24.6 Å². The minimum atomic E-state index is -0.503. The van der Waals surface area contributed by atoms with Crippen molar-refractivity contribution in [1.82, 2.24) is 10.2 Å². The summed E-state index contributed by atoms with van der Waals surface area (Å²) in [5.74, 6) is -0.140. The topological polar surface area (TPSA) is 67.9 Å². The van der Waals surface area contributed by atoms with Crippen LogP contribution in [-0.2, 0) is 14.3 Å². The van der Waals surface area contributed by atoms with Crippen molar-refractivity contribution in [3.8, 4) is 0 Å². The zero-order valence-corrected chi connectivity index (χ0v) is 13.5. The standard InChI is InChI=1S/C14H28N2O4/c1-7-19-10-12(17)15-9-8-11(2)16(6)13(18)20-14(3,4)5/h11H,7-10H2,1-6H3,(H,15,17)/t11-/m0/s1. The van der Waals surface area contributed by atoms with Gasteiger partial charge in [-0.15, -0.1) is 0 Å². The Kier molecular flexibility index (Phi) is 8.22. The number of nitrogens with one attached hydrogen (secondary N) is 1. The Morgan fingerprint density at radius 1 is 1.30 bits per heavy atom. The molecule has 6 nitrogen and oxygen atoms in total. The maximum absolute atomic E-state index is 11.8. The van der Waals surface area contributed by atoms with E-state index in [0.717, 1.165) is 0 Å². The summed E-state index contributed by atoms with van der Waals surface area (Å²) in [5, 5.41) is 2.75. The van der Waals surface area contributed by atoms with Gasteiger partial charge < -0.3 is 19.7 Å². The summed E-state index contributed by atoms with van der Waals surface area (Å²) in [6.45, 7) is 10.3. The molecular formula is C14H28N2O4. The van der Waals surface area contributed by atoms with E-state index in [1.165, 1.54) is 0 Å². The van der Waals surface area contributed by atoms with E-state index >= 15 is 0 Å². The first-order valence-corrected chi connectivity index (χ1v) is 6.97. The fraction of sp³-hybridized carbons (Fsp3) is 0.857. The highest BCUT2D eigenvalue weighted by Gasteiger charge is 2.22. The number of carbonyl (C=O) groups is 2. The number of ether oxygens (including phenoxy) is 2. The average molecular weight is 288 g/mol. The second kappa shape index (κ2) is 8.79. The van der Waals surface area contributed by atoms with Crippen molar-refractivity contribution in [1.29, 1.82) is 0 Å². The van der Waals surface area contributed by atoms with Crippen LogP contribution in [0.5, 0.6) is 0 Å². The SMILES string of the molecule is CCOCC(=O)NCC[C@H](C)N(C)C(=O)OC(C)(C)C. The minimum Gasteiger partial charge on any atom is -0.444 e. The van der Waals surface area contributed by atoms with E-state index in [9.17, 15) is 9.59 Å². The van der Waals surface area contributed by atoms with Gasteiger partial charge in [-0.3, -0.25) is 4.79 Å². The van der Waals surface area contributed by atoms with Crippen LogP contribution in [0.15, 0.2) is 0 Å². The molecule has 0 aromatic heterocycles. The predicted octanol–water partition coefficient (Wildman–Crippen LogP) is 1.78. The molecule has 0 aliphatic carbocycles. The van der Waals surface area contributed by atoms with Gasteiger partial charge >= 0.3 is 6.09 Å². The molecule has 0 aromatic carbocycles. The lowest BCUT2D eigenvalue weighted by Crippen LogP contribution is -2.41. The summed E-state index contributed by atoms with van der Waals surface area (Å²) < 4.78 is 10.3. The third kappa shape index (κ3) is 8.74. The summed E-state index contributed by atoms with van der Waals surface area (Å²) in [6, 6.07) is -0.0164. The van der Waals surface area contributed by atoms with Gasteiger partial charge in [0.05, 0.1) is 0 Å². The molecule has 0 aliphatic heterocycles. The Balaban J connectivity index is 3.99. The van der Waals surface area contributed by atoms with Gasteiger partial charge in [0.2, 0.25) is 5.91 Å². The van der Waals surface area contributed by atoms with E-state index < -0.39 is 5.60 Å². The Bertz CT molecular complexity index is 313. The van der Waals surface area contributed by atoms with Crippen LogP contribution in [-0.4, -0.2) is 55.3 Å². The molecule has 6 heteroatoms. The minimum absolute atomic E-state index is 0.0164. The first-order chi connectivity index (χ1) is 9.17. The third-order valence-corrected chi connectivity index (χ3v) is 2.66. The van der Waals surface area contributed by atoms with Crippen LogP contribution < -0.4 is 5.32 Å². The van der Waals surface area contributed by atoms with Gasteiger partial charge in [-0.2, -0.15) is 0 Å². The fourth-order valence-electron chi connectivity index (χ4n) is 1.37. The van der Waals surface area contributed by atoms with Crippen molar-refractivity contribution in [2.45, 2.75) is 52.7 Å². The second-order valence-electron chi connectivity index (χ2n) is 5.72. The van der Waals surface area contributed by atoms with E-state index in [0.29, 0.717) is 19.6 Å². The van der Waals surface area contributed by atoms with Gasteiger partial charge in [0, 0.05) is 26.2 Å². The normalized spacial score (nSPS) is 12.7. The molecule has 0 aromatic rings. The van der Waals surface area contributed by atoms with Gasteiger partial charge in [-0.25, -0.2) is 4.79 Å². The molecule has 0 saturated carbocycles. The van der Waals surface area contributed by atoms with Gasteiger partial charge in [0.25, 0.3) is 0 Å². The molecule has 0 rings (SSSR count). The Morgan fingerprint density at radius 3 is 2.40 bits per heavy atom. The molecule has 0 spiro atoms. The molecule has 0 radical (unpaired) electrons. The summed E-state index contributed by atoms with van der Waals surface area (Å²) in [7, 11) is 1.70. The molecule has 0 fully saturated rings. The van der Waals surface area contributed by atoms with Crippen LogP contribution in [0.2, 0.25) is 0 Å². The second-order valence-corrected chi connectivity index (χ2v) is 5.72. The van der Waals surface area contributed by atoms with E-state index in [1.807, 2.05) is 34.6 Å². The smallest absolute Gasteiger partial charge is 0.410 e. The van der Waals surface area contributed by atoms with Crippen LogP contribution in [0.1, 0.15) is 41.0 Å². The molecule has 1 atom stereocenters. The summed E-state index contributed by atoms with van der Waals surface area (Å²) in [4.78, 5) is 24.7. The molecule has 2 amide bonds. The largest absolute Gasteiger partial charge is 0.444 e. The average Bonchev–Trinajstić information content (AvgIpc) is 2.33. The number of carbonyl (C=O) groups excluding carboxylic acids is 2. The van der Waals surface area contributed by atoms with Gasteiger partial charge in [-0.1, -0.05) is 0 Å². The van der Waals surface area contributed by atoms with Gasteiger partial charge in [0.1, 0.15) is 12.2 Å². The molecule has 20 heavy (non-hydrogen) atoms. The van der Waals surface area contributed by atoms with Crippen LogP contribution in [0.25, 0.3) is 0 Å². The Morgan fingerprint density at radius 2 is 1.90 bits per heavy atom. The summed E-state index contributed by atoms with van der Waals surface area (Å²) >= 11 is 0. The summed E-state index contributed by atoms with van der Waals surface area (Å²) in [5.41, 5.74) is -0.503. The van der Waals surface area contributed by atoms with Crippen molar-refractivity contribution >= 4 is 12.0 Å². The first-order valence-electron chi connectivity index (χ1n) is 6.97. The fourth-order valence-corrected chi connectivity index (χ4v) is 1.37. The summed E-state index contributed by atoms with van der Waals surface area (Å²) in [6.07, 6.45) is 0.304. The Hall–Kier alpha value is -1.30. The molecule has 0 aliphatic rings. The lowest BCUT2D eigenvalue weighted by molar-refractivity contribution is -0.125. The third-order valence-electron chi connectivity index (χ3n) is 2.66. The lowest BCUT2D eigenvalue weighted by atomic mass is 10.2. The Labute approximate surface area is 121 Å². The molecule has 0 unspecified atom stereocenters. The van der Waals surface area contributed by atoms with Gasteiger partial charge in [-0.05, 0) is 41.0 Å². The number of amides is 2. The molecule has 1 N–H and O–H groups in total. The van der Waals surface area contributed by atoms with Crippen molar-refractivity contribution in [3.63, 3.8) is 0 Å². The monoisotopic (exact) mass is 288 g/mol. The highest BCUT2D eigenvalue weighted by atomic mass is 16.6. The molecule has 0 bridgehead atoms. The number of hydrogen-bond acceptors (Lipinski definition) is 4. The first kappa shape index (κ1) is 18.7. The lowest BCUT2D eigenvalue weighted by Gasteiger charge is -2.28. The van der Waals surface area contributed by atoms with Crippen molar-refractivity contribution in [3.05, 3.63) is 0 Å². The quantitative estimate of drug-likeness (QED) is 0.775. The van der Waals surface area contributed by atoms with Crippen molar-refractivity contribution < 1.29 is 19.1 Å². The van der Waals surface area contributed by atoms with Crippen LogP contribution >= 0.6 is 0 Å². The van der Waals surface area contributed by atoms with Crippen LogP contribution in [0.4, 0.5) is 4.79 Å². The zero-order valence-electron chi connectivity index (χ0n) is 13.5. The maximum Gasteiger partial charge on any atom is 0.410 e. The van der Waals surface area contributed by atoms with E-state index in [1.54, 1.807) is 11.9 Å². The number of hydrogen-bond donors (Lipinski definition) is 1. The highest BCUT2D eigenvalue weighted by molar-refractivity contribution is 5.77. The molecule has 0 heterocycles.